The summed E-state index contributed by atoms with van der Waals surface area (Å²) in [6, 6.07) is 8.17. The highest BCUT2D eigenvalue weighted by Crippen LogP contribution is 2.31. The molecule has 3 rings (SSSR count). The number of nitrogens with two attached hydrogens (primary N) is 1. The molecule has 0 radical (unpaired) electrons. The molecule has 0 aliphatic carbocycles. The zero-order valence-corrected chi connectivity index (χ0v) is 14.3. The molecule has 0 spiro atoms. The number of hydrogen-bond donors (Lipinski definition) is 2. The van der Waals surface area contributed by atoms with Gasteiger partial charge in [0.2, 0.25) is 0 Å². The summed E-state index contributed by atoms with van der Waals surface area (Å²) >= 11 is 0. The number of rotatable bonds is 5. The second kappa shape index (κ2) is 7.38. The van der Waals surface area contributed by atoms with Crippen LogP contribution in [0, 0.1) is 5.92 Å². The SMILES string of the molecule is CC(C)Cn1ccnc1CN=C(N)NC1CCOc2ccccc21. The fourth-order valence-electron chi connectivity index (χ4n) is 2.92. The zero-order chi connectivity index (χ0) is 16.9. The molecule has 2 aromatic rings. The van der Waals surface area contributed by atoms with Crippen LogP contribution in [0.4, 0.5) is 0 Å². The molecule has 1 aromatic heterocycles. The number of fused-ring (bicyclic) bond motifs is 1. The third-order valence-corrected chi connectivity index (χ3v) is 4.04. The number of aliphatic imine (C=N–C) groups is 1. The standard InChI is InChI=1S/C18H25N5O/c1-13(2)12-23-9-8-20-17(23)11-21-18(19)22-15-7-10-24-16-6-4-3-5-14(15)16/h3-6,8-9,13,15H,7,10-12H2,1-2H3,(H3,19,21,22). The Balaban J connectivity index is 1.65. The van der Waals surface area contributed by atoms with Gasteiger partial charge in [-0.05, 0) is 12.0 Å². The maximum atomic E-state index is 6.09. The summed E-state index contributed by atoms with van der Waals surface area (Å²) in [6.45, 7) is 6.47. The lowest BCUT2D eigenvalue weighted by atomic mass is 10.0. The Morgan fingerprint density at radius 2 is 2.29 bits per heavy atom. The van der Waals surface area contributed by atoms with Crippen LogP contribution in [0.1, 0.15) is 37.7 Å². The summed E-state index contributed by atoms with van der Waals surface area (Å²) in [7, 11) is 0. The van der Waals surface area contributed by atoms with Gasteiger partial charge in [-0.15, -0.1) is 0 Å². The lowest BCUT2D eigenvalue weighted by Crippen LogP contribution is -2.37. The van der Waals surface area contributed by atoms with Crippen LogP contribution in [0.2, 0.25) is 0 Å². The Morgan fingerprint density at radius 3 is 3.12 bits per heavy atom. The van der Waals surface area contributed by atoms with E-state index < -0.39 is 0 Å². The van der Waals surface area contributed by atoms with Crippen LogP contribution in [0.25, 0.3) is 0 Å². The second-order valence-electron chi connectivity index (χ2n) is 6.46. The summed E-state index contributed by atoms with van der Waals surface area (Å²) in [4.78, 5) is 8.84. The highest BCUT2D eigenvalue weighted by molar-refractivity contribution is 5.78. The molecule has 6 heteroatoms. The van der Waals surface area contributed by atoms with Crippen molar-refractivity contribution >= 4 is 5.96 Å². The highest BCUT2D eigenvalue weighted by Gasteiger charge is 2.21. The zero-order valence-electron chi connectivity index (χ0n) is 14.3. The van der Waals surface area contributed by atoms with Crippen molar-refractivity contribution in [2.45, 2.75) is 39.4 Å². The van der Waals surface area contributed by atoms with E-state index in [4.69, 9.17) is 10.5 Å². The summed E-state index contributed by atoms with van der Waals surface area (Å²) < 4.78 is 7.80. The van der Waals surface area contributed by atoms with Crippen molar-refractivity contribution in [1.82, 2.24) is 14.9 Å². The number of guanidine groups is 1. The van der Waals surface area contributed by atoms with Crippen LogP contribution in [-0.4, -0.2) is 22.1 Å². The number of nitrogens with one attached hydrogen (secondary N) is 1. The molecular weight excluding hydrogens is 302 g/mol. The van der Waals surface area contributed by atoms with Crippen LogP contribution in [0.3, 0.4) is 0 Å². The molecule has 2 heterocycles. The number of ether oxygens (including phenoxy) is 1. The molecule has 0 bridgehead atoms. The van der Waals surface area contributed by atoms with E-state index in [0.717, 1.165) is 30.1 Å². The molecule has 6 nitrogen and oxygen atoms in total. The Bertz CT molecular complexity index is 707. The van der Waals surface area contributed by atoms with Gasteiger partial charge in [0.25, 0.3) is 0 Å². The maximum Gasteiger partial charge on any atom is 0.189 e. The molecule has 24 heavy (non-hydrogen) atoms. The molecule has 1 aliphatic heterocycles. The van der Waals surface area contributed by atoms with Crippen LogP contribution < -0.4 is 15.8 Å². The second-order valence-corrected chi connectivity index (χ2v) is 6.46. The first-order valence-electron chi connectivity index (χ1n) is 8.41. The largest absolute Gasteiger partial charge is 0.493 e. The number of nitrogens with zero attached hydrogens (tertiary/aromatic N) is 3. The number of para-hydroxylation sites is 1. The molecule has 1 aromatic carbocycles. The van der Waals surface area contributed by atoms with Crippen LogP contribution in [0.15, 0.2) is 41.7 Å². The van der Waals surface area contributed by atoms with Gasteiger partial charge in [-0.25, -0.2) is 9.98 Å². The van der Waals surface area contributed by atoms with Crippen molar-refractivity contribution in [3.8, 4) is 5.75 Å². The first kappa shape index (κ1) is 16.4. The van der Waals surface area contributed by atoms with E-state index in [1.807, 2.05) is 30.6 Å². The molecular formula is C18H25N5O. The maximum absolute atomic E-state index is 6.09. The Morgan fingerprint density at radius 1 is 1.46 bits per heavy atom. The molecule has 128 valence electrons. The van der Waals surface area contributed by atoms with Crippen LogP contribution in [0.5, 0.6) is 5.75 Å². The van der Waals surface area contributed by atoms with Gasteiger partial charge < -0.3 is 20.4 Å². The van der Waals surface area contributed by atoms with Gasteiger partial charge in [0.05, 0.1) is 12.6 Å². The monoisotopic (exact) mass is 327 g/mol. The number of imidazole rings is 1. The van der Waals surface area contributed by atoms with E-state index in [1.165, 1.54) is 0 Å². The minimum Gasteiger partial charge on any atom is -0.493 e. The Hall–Kier alpha value is -2.50. The summed E-state index contributed by atoms with van der Waals surface area (Å²) in [5.41, 5.74) is 7.22. The molecule has 0 saturated heterocycles. The quantitative estimate of drug-likeness (QED) is 0.653. The molecule has 1 atom stereocenters. The third kappa shape index (κ3) is 3.88. The van der Waals surface area contributed by atoms with Gasteiger partial charge >= 0.3 is 0 Å². The van der Waals surface area contributed by atoms with Gasteiger partial charge in [0.15, 0.2) is 5.96 Å². The van der Waals surface area contributed by atoms with Gasteiger partial charge in [-0.2, -0.15) is 0 Å². The molecule has 3 N–H and O–H groups in total. The number of hydrogen-bond acceptors (Lipinski definition) is 3. The van der Waals surface area contributed by atoms with Gasteiger partial charge in [-0.3, -0.25) is 0 Å². The Kier molecular flexibility index (Phi) is 5.03. The van der Waals surface area contributed by atoms with E-state index >= 15 is 0 Å². The summed E-state index contributed by atoms with van der Waals surface area (Å²) in [6.07, 6.45) is 4.67. The molecule has 0 fully saturated rings. The fourth-order valence-corrected chi connectivity index (χ4v) is 2.92. The van der Waals surface area contributed by atoms with Crippen molar-refractivity contribution in [3.63, 3.8) is 0 Å². The molecule has 1 unspecified atom stereocenters. The van der Waals surface area contributed by atoms with Crippen molar-refractivity contribution in [2.24, 2.45) is 16.6 Å². The first-order valence-corrected chi connectivity index (χ1v) is 8.41. The predicted octanol–water partition coefficient (Wildman–Crippen LogP) is 2.47. The van der Waals surface area contributed by atoms with Crippen molar-refractivity contribution in [2.75, 3.05) is 6.61 Å². The highest BCUT2D eigenvalue weighted by atomic mass is 16.5. The van der Waals surface area contributed by atoms with Crippen molar-refractivity contribution < 1.29 is 4.74 Å². The summed E-state index contributed by atoms with van der Waals surface area (Å²) in [5.74, 6) is 2.86. The van der Waals surface area contributed by atoms with Gasteiger partial charge in [0, 0.05) is 30.9 Å². The van der Waals surface area contributed by atoms with E-state index in [2.05, 4.69) is 39.8 Å². The van der Waals surface area contributed by atoms with Crippen LogP contribution >= 0.6 is 0 Å². The van der Waals surface area contributed by atoms with Crippen molar-refractivity contribution in [1.29, 1.82) is 0 Å². The topological polar surface area (TPSA) is 77.5 Å². The van der Waals surface area contributed by atoms with E-state index in [0.29, 0.717) is 25.0 Å². The summed E-state index contributed by atoms with van der Waals surface area (Å²) in [5, 5.41) is 3.31. The lowest BCUT2D eigenvalue weighted by Gasteiger charge is -2.26. The van der Waals surface area contributed by atoms with Crippen LogP contribution in [-0.2, 0) is 13.1 Å². The minimum atomic E-state index is 0.133. The van der Waals surface area contributed by atoms with E-state index in [1.54, 1.807) is 0 Å². The van der Waals surface area contributed by atoms with Crippen molar-refractivity contribution in [3.05, 3.63) is 48.0 Å². The molecule has 1 aliphatic rings. The predicted molar refractivity (Wildman–Crippen MR) is 94.8 cm³/mol. The fraction of sp³-hybridized carbons (Fsp3) is 0.444. The number of benzene rings is 1. The normalized spacial score (nSPS) is 17.5. The van der Waals surface area contributed by atoms with Gasteiger partial charge in [-0.1, -0.05) is 32.0 Å². The average Bonchev–Trinajstić information content (AvgIpc) is 3.00. The minimum absolute atomic E-state index is 0.133. The van der Waals surface area contributed by atoms with E-state index in [-0.39, 0.29) is 6.04 Å². The third-order valence-electron chi connectivity index (χ3n) is 4.04. The molecule has 0 saturated carbocycles. The Labute approximate surface area is 142 Å². The average molecular weight is 327 g/mol. The lowest BCUT2D eigenvalue weighted by molar-refractivity contribution is 0.262. The smallest absolute Gasteiger partial charge is 0.189 e. The molecule has 0 amide bonds. The van der Waals surface area contributed by atoms with Gasteiger partial charge in [0.1, 0.15) is 18.1 Å². The number of aromatic nitrogens is 2. The van der Waals surface area contributed by atoms with E-state index in [9.17, 15) is 0 Å². The first-order chi connectivity index (χ1) is 11.6.